The molecule has 24 heavy (non-hydrogen) atoms. The van der Waals surface area contributed by atoms with Crippen molar-refractivity contribution in [3.63, 3.8) is 0 Å². The minimum atomic E-state index is -1.03. The number of carboxylic acids is 1. The number of ether oxygens (including phenoxy) is 1. The van der Waals surface area contributed by atoms with Crippen LogP contribution in [0.2, 0.25) is 0 Å². The maximum Gasteiger partial charge on any atom is 1.00 e. The van der Waals surface area contributed by atoms with Crippen LogP contribution in [-0.2, 0) is 4.79 Å². The van der Waals surface area contributed by atoms with Crippen LogP contribution in [0.3, 0.4) is 0 Å². The summed E-state index contributed by atoms with van der Waals surface area (Å²) < 4.78 is 7.17. The molecule has 1 unspecified atom stereocenters. The molecule has 5 nitrogen and oxygen atoms in total. The van der Waals surface area contributed by atoms with Crippen LogP contribution in [-0.4, -0.2) is 17.1 Å². The van der Waals surface area contributed by atoms with Gasteiger partial charge in [0.2, 0.25) is 0 Å². The van der Waals surface area contributed by atoms with E-state index in [4.69, 9.17) is 15.6 Å². The zero-order valence-electron chi connectivity index (χ0n) is 12.5. The summed E-state index contributed by atoms with van der Waals surface area (Å²) in [7, 11) is 0. The van der Waals surface area contributed by atoms with Gasteiger partial charge in [-0.05, 0) is 75.0 Å². The number of benzene rings is 2. The molecule has 122 valence electrons. The van der Waals surface area contributed by atoms with Crippen LogP contribution in [0.4, 0.5) is 0 Å². The predicted octanol–water partition coefficient (Wildman–Crippen LogP) is 0.654. The summed E-state index contributed by atoms with van der Waals surface area (Å²) in [6.07, 6.45) is 0. The zero-order valence-corrected chi connectivity index (χ0v) is 21.0. The van der Waals surface area contributed by atoms with Crippen molar-refractivity contribution in [2.24, 2.45) is 5.73 Å². The number of rotatable bonds is 5. The third-order valence-electron chi connectivity index (χ3n) is 2.98. The van der Waals surface area contributed by atoms with Crippen LogP contribution in [0.25, 0.3) is 0 Å². The van der Waals surface area contributed by atoms with E-state index in [2.05, 4.69) is 45.2 Å². The number of carboxylic acid groups (broad SMARTS) is 1. The van der Waals surface area contributed by atoms with E-state index in [0.717, 1.165) is 12.7 Å². The number of aliphatic carboxylic acids is 1. The summed E-state index contributed by atoms with van der Waals surface area (Å²) in [6.45, 7) is 0. The summed E-state index contributed by atoms with van der Waals surface area (Å²) in [5.74, 6) is 0.127. The summed E-state index contributed by atoms with van der Waals surface area (Å²) >= 11 is 6.31. The van der Waals surface area contributed by atoms with E-state index in [1.807, 2.05) is 34.7 Å². The molecule has 0 bridgehead atoms. The van der Waals surface area contributed by atoms with Crippen molar-refractivity contribution in [3.8, 4) is 17.2 Å². The molecule has 0 saturated heterocycles. The third kappa shape index (κ3) is 5.84. The van der Waals surface area contributed by atoms with Crippen molar-refractivity contribution in [1.82, 2.24) is 0 Å². The fourth-order valence-electron chi connectivity index (χ4n) is 1.79. The molecule has 3 N–H and O–H groups in total. The van der Waals surface area contributed by atoms with Gasteiger partial charge in [-0.2, -0.15) is 0 Å². The monoisotopic (exact) mass is 673 g/mol. The summed E-state index contributed by atoms with van der Waals surface area (Å²) in [6, 6.07) is 8.86. The number of nitrogens with two attached hydrogens (primary N) is 1. The Morgan fingerprint density at radius 3 is 2.12 bits per heavy atom. The first-order valence-electron chi connectivity index (χ1n) is 6.36. The van der Waals surface area contributed by atoms with Crippen LogP contribution in [0.15, 0.2) is 36.4 Å². The summed E-state index contributed by atoms with van der Waals surface area (Å²) in [4.78, 5) is 11.0. The Morgan fingerprint density at radius 1 is 1.17 bits per heavy atom. The van der Waals surface area contributed by atoms with E-state index < -0.39 is 12.0 Å². The Hall–Kier alpha value is 0.660. The molecule has 2 rings (SSSR count). The molecule has 0 amide bonds. The van der Waals surface area contributed by atoms with E-state index >= 15 is 0 Å². The average Bonchev–Trinajstić information content (AvgIpc) is 2.50. The van der Waals surface area contributed by atoms with E-state index in [1.165, 1.54) is 12.1 Å². The van der Waals surface area contributed by atoms with Crippen molar-refractivity contribution < 1.29 is 49.3 Å². The van der Waals surface area contributed by atoms with Gasteiger partial charge in [-0.25, -0.2) is 0 Å². The van der Waals surface area contributed by atoms with Gasteiger partial charge >= 0.3 is 35.5 Å². The molecule has 9 heteroatoms. The minimum Gasteiger partial charge on any atom is -0.872 e. The Labute approximate surface area is 202 Å². The molecule has 2 aromatic rings. The molecule has 0 aliphatic heterocycles. The van der Waals surface area contributed by atoms with Gasteiger partial charge in [-0.1, -0.05) is 34.7 Å². The number of hydrogen-bond acceptors (Lipinski definition) is 4. The third-order valence-corrected chi connectivity index (χ3v) is 6.08. The van der Waals surface area contributed by atoms with Crippen LogP contribution >= 0.6 is 67.8 Å². The molecule has 0 radical (unpaired) electrons. The molecule has 0 fully saturated rings. The molecule has 0 saturated carbocycles. The van der Waals surface area contributed by atoms with Gasteiger partial charge in [-0.15, -0.1) is 5.75 Å². The van der Waals surface area contributed by atoms with Crippen LogP contribution < -0.4 is 45.1 Å². The SMILES string of the molecule is N[C@H](C(=O)O)C(I)c1cc(I)c(Oc2ccc([O-])cc2)c(I)c1.[Na+]. The summed E-state index contributed by atoms with van der Waals surface area (Å²) in [5.41, 5.74) is 6.53. The van der Waals surface area contributed by atoms with Gasteiger partial charge in [-0.3, -0.25) is 4.79 Å². The largest absolute Gasteiger partial charge is 1.00 e. The molecule has 0 aliphatic rings. The number of hydrogen-bond donors (Lipinski definition) is 2. The maximum atomic E-state index is 11.1. The second-order valence-corrected chi connectivity index (χ2v) is 8.32. The van der Waals surface area contributed by atoms with Crippen molar-refractivity contribution >= 4 is 73.7 Å². The first-order chi connectivity index (χ1) is 10.8. The molecular formula is C15H11I3NNaO4. The van der Waals surface area contributed by atoms with Gasteiger partial charge in [0, 0.05) is 0 Å². The fourth-order valence-corrected chi connectivity index (χ4v) is 4.50. The smallest absolute Gasteiger partial charge is 0.872 e. The average molecular weight is 673 g/mol. The molecule has 0 spiro atoms. The Balaban J connectivity index is 0.00000288. The molecule has 0 heterocycles. The van der Waals surface area contributed by atoms with Gasteiger partial charge in [0.1, 0.15) is 11.8 Å². The Kier molecular flexibility index (Phi) is 9.57. The first kappa shape index (κ1) is 22.7. The maximum absolute atomic E-state index is 11.1. The molecule has 0 aromatic heterocycles. The van der Waals surface area contributed by atoms with E-state index in [-0.39, 0.29) is 39.2 Å². The van der Waals surface area contributed by atoms with Crippen molar-refractivity contribution in [1.29, 1.82) is 0 Å². The van der Waals surface area contributed by atoms with Gasteiger partial charge in [0.05, 0.1) is 11.1 Å². The standard InChI is InChI=1S/C15H12I3NO4.Na/c16-10-5-7(12(18)13(19)15(21)22)6-11(17)14(10)23-9-3-1-8(20)2-4-9;/h1-6,12-13,20H,19H2,(H,21,22);/q;+1/p-1/t12?,13-;/m0./s1. The van der Waals surface area contributed by atoms with Crippen LogP contribution in [0, 0.1) is 7.14 Å². The normalized spacial score (nSPS) is 12.8. The second kappa shape index (κ2) is 10.1. The van der Waals surface area contributed by atoms with E-state index in [1.54, 1.807) is 12.1 Å². The summed E-state index contributed by atoms with van der Waals surface area (Å²) in [5, 5.41) is 20.2. The van der Waals surface area contributed by atoms with Crippen molar-refractivity contribution in [2.45, 2.75) is 9.97 Å². The van der Waals surface area contributed by atoms with Crippen molar-refractivity contribution in [2.75, 3.05) is 0 Å². The quantitative estimate of drug-likeness (QED) is 0.277. The van der Waals surface area contributed by atoms with Gasteiger partial charge in [0.25, 0.3) is 0 Å². The molecule has 2 aromatic carbocycles. The molecule has 0 aliphatic carbocycles. The Morgan fingerprint density at radius 2 is 1.67 bits per heavy atom. The van der Waals surface area contributed by atoms with Gasteiger partial charge < -0.3 is 20.7 Å². The van der Waals surface area contributed by atoms with E-state index in [0.29, 0.717) is 11.5 Å². The topological polar surface area (TPSA) is 95.6 Å². The molecular weight excluding hydrogens is 662 g/mol. The zero-order chi connectivity index (χ0) is 17.1. The molecule has 2 atom stereocenters. The van der Waals surface area contributed by atoms with Crippen LogP contribution in [0.1, 0.15) is 9.49 Å². The number of carbonyl (C=O) groups is 1. The van der Waals surface area contributed by atoms with Crippen molar-refractivity contribution in [3.05, 3.63) is 49.1 Å². The van der Waals surface area contributed by atoms with Crippen LogP contribution in [0.5, 0.6) is 17.2 Å². The Bertz CT molecular complexity index is 704. The predicted molar refractivity (Wildman–Crippen MR) is 110 cm³/mol. The van der Waals surface area contributed by atoms with Gasteiger partial charge in [0.15, 0.2) is 5.75 Å². The minimum absolute atomic E-state index is 0. The first-order valence-corrected chi connectivity index (χ1v) is 9.76. The fraction of sp³-hybridized carbons (Fsp3) is 0.133. The number of halogens is 3. The number of alkyl halides is 1. The second-order valence-electron chi connectivity index (χ2n) is 4.65. The van der Waals surface area contributed by atoms with E-state index in [9.17, 15) is 9.90 Å².